The summed E-state index contributed by atoms with van der Waals surface area (Å²) in [6, 6.07) is 8.11. The summed E-state index contributed by atoms with van der Waals surface area (Å²) in [6.45, 7) is 8.87. The Balaban J connectivity index is 2.18. The van der Waals surface area contributed by atoms with Crippen molar-refractivity contribution in [1.29, 1.82) is 0 Å². The smallest absolute Gasteiger partial charge is 0.115 e. The second-order valence-electron chi connectivity index (χ2n) is 5.07. The van der Waals surface area contributed by atoms with Gasteiger partial charge in [-0.2, -0.15) is 0 Å². The molecule has 0 saturated carbocycles. The summed E-state index contributed by atoms with van der Waals surface area (Å²) in [4.78, 5) is 2.54. The number of nitrogens with one attached hydrogen (secondary N) is 1. The van der Waals surface area contributed by atoms with E-state index < -0.39 is 0 Å². The average molecular weight is 234 g/mol. The van der Waals surface area contributed by atoms with Gasteiger partial charge >= 0.3 is 0 Å². The van der Waals surface area contributed by atoms with Crippen molar-refractivity contribution in [2.75, 3.05) is 26.2 Å². The SMILES string of the molecule is CC(C)C(c1ccc(O)cc1)N1CCNCC1. The van der Waals surface area contributed by atoms with Gasteiger partial charge < -0.3 is 10.4 Å². The fourth-order valence-corrected chi connectivity index (χ4v) is 2.65. The van der Waals surface area contributed by atoms with Crippen molar-refractivity contribution < 1.29 is 5.11 Å². The molecule has 0 spiro atoms. The van der Waals surface area contributed by atoms with E-state index in [0.29, 0.717) is 17.7 Å². The monoisotopic (exact) mass is 234 g/mol. The van der Waals surface area contributed by atoms with E-state index in [0.717, 1.165) is 26.2 Å². The number of aromatic hydroxyl groups is 1. The lowest BCUT2D eigenvalue weighted by Crippen LogP contribution is -2.46. The highest BCUT2D eigenvalue weighted by Gasteiger charge is 2.24. The van der Waals surface area contributed by atoms with Gasteiger partial charge in [-0.15, -0.1) is 0 Å². The number of rotatable bonds is 3. The Labute approximate surface area is 103 Å². The molecule has 2 N–H and O–H groups in total. The number of piperazine rings is 1. The van der Waals surface area contributed by atoms with Crippen molar-refractivity contribution >= 4 is 0 Å². The van der Waals surface area contributed by atoms with Crippen molar-refractivity contribution in [2.24, 2.45) is 5.92 Å². The summed E-state index contributed by atoms with van der Waals surface area (Å²) < 4.78 is 0. The van der Waals surface area contributed by atoms with E-state index >= 15 is 0 Å². The van der Waals surface area contributed by atoms with E-state index in [9.17, 15) is 5.11 Å². The topological polar surface area (TPSA) is 35.5 Å². The molecule has 1 aromatic carbocycles. The third-order valence-electron chi connectivity index (χ3n) is 3.41. The molecule has 1 saturated heterocycles. The maximum Gasteiger partial charge on any atom is 0.115 e. The van der Waals surface area contributed by atoms with E-state index in [1.807, 2.05) is 12.1 Å². The molecule has 0 aromatic heterocycles. The molecule has 17 heavy (non-hydrogen) atoms. The Hall–Kier alpha value is -1.06. The van der Waals surface area contributed by atoms with Crippen LogP contribution in [0, 0.1) is 5.92 Å². The molecule has 1 aliphatic heterocycles. The van der Waals surface area contributed by atoms with Gasteiger partial charge in [0.25, 0.3) is 0 Å². The Morgan fingerprint density at radius 2 is 1.71 bits per heavy atom. The van der Waals surface area contributed by atoms with Crippen LogP contribution in [0.15, 0.2) is 24.3 Å². The number of phenolic OH excluding ortho intramolecular Hbond substituents is 1. The zero-order valence-corrected chi connectivity index (χ0v) is 10.7. The normalized spacial score (nSPS) is 19.5. The van der Waals surface area contributed by atoms with E-state index in [1.165, 1.54) is 5.56 Å². The molecule has 1 aliphatic rings. The van der Waals surface area contributed by atoms with E-state index in [4.69, 9.17) is 0 Å². The number of hydrogen-bond acceptors (Lipinski definition) is 3. The second-order valence-corrected chi connectivity index (χ2v) is 5.07. The highest BCUT2D eigenvalue weighted by atomic mass is 16.3. The highest BCUT2D eigenvalue weighted by Crippen LogP contribution is 2.29. The molecule has 0 aliphatic carbocycles. The van der Waals surface area contributed by atoms with Crippen molar-refractivity contribution in [3.63, 3.8) is 0 Å². The van der Waals surface area contributed by atoms with Crippen LogP contribution in [-0.4, -0.2) is 36.2 Å². The predicted octanol–water partition coefficient (Wildman–Crippen LogP) is 1.99. The molecule has 0 amide bonds. The van der Waals surface area contributed by atoms with Crippen molar-refractivity contribution in [3.05, 3.63) is 29.8 Å². The average Bonchev–Trinajstić information content (AvgIpc) is 2.33. The zero-order chi connectivity index (χ0) is 12.3. The van der Waals surface area contributed by atoms with Crippen LogP contribution in [0.25, 0.3) is 0 Å². The van der Waals surface area contributed by atoms with Gasteiger partial charge in [-0.25, -0.2) is 0 Å². The Morgan fingerprint density at radius 3 is 2.24 bits per heavy atom. The fourth-order valence-electron chi connectivity index (χ4n) is 2.65. The maximum atomic E-state index is 9.36. The van der Waals surface area contributed by atoms with Gasteiger partial charge in [0.2, 0.25) is 0 Å². The van der Waals surface area contributed by atoms with E-state index in [1.54, 1.807) is 12.1 Å². The Morgan fingerprint density at radius 1 is 1.12 bits per heavy atom. The van der Waals surface area contributed by atoms with Gasteiger partial charge in [-0.3, -0.25) is 4.90 Å². The first-order chi connectivity index (χ1) is 8.18. The fraction of sp³-hybridized carbons (Fsp3) is 0.571. The van der Waals surface area contributed by atoms with Crippen molar-refractivity contribution in [3.8, 4) is 5.75 Å². The van der Waals surface area contributed by atoms with Gasteiger partial charge in [0.1, 0.15) is 5.75 Å². The number of nitrogens with zero attached hydrogens (tertiary/aromatic N) is 1. The molecular weight excluding hydrogens is 212 g/mol. The summed E-state index contributed by atoms with van der Waals surface area (Å²) in [5.74, 6) is 0.925. The molecule has 2 rings (SSSR count). The van der Waals surface area contributed by atoms with Crippen LogP contribution < -0.4 is 5.32 Å². The minimum absolute atomic E-state index is 0.344. The molecular formula is C14H22N2O. The van der Waals surface area contributed by atoms with Crippen LogP contribution in [-0.2, 0) is 0 Å². The molecule has 1 unspecified atom stereocenters. The van der Waals surface area contributed by atoms with Gasteiger partial charge in [-0.1, -0.05) is 26.0 Å². The van der Waals surface area contributed by atoms with Gasteiger partial charge in [-0.05, 0) is 23.6 Å². The summed E-state index contributed by atoms with van der Waals surface area (Å²) in [6.07, 6.45) is 0. The van der Waals surface area contributed by atoms with E-state index in [2.05, 4.69) is 24.1 Å². The first kappa shape index (κ1) is 12.4. The van der Waals surface area contributed by atoms with Crippen LogP contribution in [0.1, 0.15) is 25.5 Å². The molecule has 1 fully saturated rings. The molecule has 94 valence electrons. The van der Waals surface area contributed by atoms with Crippen LogP contribution >= 0.6 is 0 Å². The molecule has 1 aromatic rings. The molecule has 1 atom stereocenters. The van der Waals surface area contributed by atoms with E-state index in [-0.39, 0.29) is 0 Å². The lowest BCUT2D eigenvalue weighted by molar-refractivity contribution is 0.137. The standard InChI is InChI=1S/C14H22N2O/c1-11(2)14(16-9-7-15-8-10-16)12-3-5-13(17)6-4-12/h3-6,11,14-15,17H,7-10H2,1-2H3. The summed E-state index contributed by atoms with van der Waals surface area (Å²) >= 11 is 0. The molecule has 0 bridgehead atoms. The molecule has 1 heterocycles. The maximum absolute atomic E-state index is 9.36. The van der Waals surface area contributed by atoms with Gasteiger partial charge in [0, 0.05) is 32.2 Å². The third kappa shape index (κ3) is 2.99. The van der Waals surface area contributed by atoms with Crippen molar-refractivity contribution in [2.45, 2.75) is 19.9 Å². The summed E-state index contributed by atoms with van der Waals surface area (Å²) in [7, 11) is 0. The first-order valence-electron chi connectivity index (χ1n) is 6.42. The summed E-state index contributed by atoms with van der Waals surface area (Å²) in [5, 5.41) is 12.8. The third-order valence-corrected chi connectivity index (χ3v) is 3.41. The number of hydrogen-bond donors (Lipinski definition) is 2. The Bertz CT molecular complexity index is 342. The minimum Gasteiger partial charge on any atom is -0.508 e. The summed E-state index contributed by atoms with van der Waals surface area (Å²) in [5.41, 5.74) is 1.31. The number of phenols is 1. The molecule has 3 nitrogen and oxygen atoms in total. The largest absolute Gasteiger partial charge is 0.508 e. The van der Waals surface area contributed by atoms with Crippen LogP contribution in [0.3, 0.4) is 0 Å². The predicted molar refractivity (Wildman–Crippen MR) is 70.1 cm³/mol. The molecule has 3 heteroatoms. The van der Waals surface area contributed by atoms with Crippen molar-refractivity contribution in [1.82, 2.24) is 10.2 Å². The highest BCUT2D eigenvalue weighted by molar-refractivity contribution is 5.28. The quantitative estimate of drug-likeness (QED) is 0.839. The van der Waals surface area contributed by atoms with Gasteiger partial charge in [0.05, 0.1) is 0 Å². The van der Waals surface area contributed by atoms with Crippen LogP contribution in [0.2, 0.25) is 0 Å². The lowest BCUT2D eigenvalue weighted by atomic mass is 9.94. The zero-order valence-electron chi connectivity index (χ0n) is 10.7. The first-order valence-corrected chi connectivity index (χ1v) is 6.42. The van der Waals surface area contributed by atoms with Crippen LogP contribution in [0.4, 0.5) is 0 Å². The number of benzene rings is 1. The lowest BCUT2D eigenvalue weighted by Gasteiger charge is -2.37. The molecule has 0 radical (unpaired) electrons. The van der Waals surface area contributed by atoms with Crippen LogP contribution in [0.5, 0.6) is 5.75 Å². The minimum atomic E-state index is 0.344. The Kier molecular flexibility index (Phi) is 4.02. The van der Waals surface area contributed by atoms with Gasteiger partial charge in [0.15, 0.2) is 0 Å². The second kappa shape index (κ2) is 5.52.